The fourth-order valence-electron chi connectivity index (χ4n) is 4.00. The number of hydrogen-bond donors (Lipinski definition) is 3. The molecule has 3 N–H and O–H groups in total. The minimum absolute atomic E-state index is 0.0973. The summed E-state index contributed by atoms with van der Waals surface area (Å²) in [6.45, 7) is 0. The lowest BCUT2D eigenvalue weighted by atomic mass is 9.86. The number of aromatic nitrogens is 4. The molecule has 0 saturated heterocycles. The molecule has 0 spiro atoms. The molecule has 31 heavy (non-hydrogen) atoms. The molecule has 0 bridgehead atoms. The van der Waals surface area contributed by atoms with Gasteiger partial charge in [0, 0.05) is 18.3 Å². The van der Waals surface area contributed by atoms with Gasteiger partial charge in [-0.15, -0.1) is 0 Å². The summed E-state index contributed by atoms with van der Waals surface area (Å²) in [6.07, 6.45) is 8.50. The highest BCUT2D eigenvalue weighted by Crippen LogP contribution is 2.33. The van der Waals surface area contributed by atoms with Gasteiger partial charge in [0.25, 0.3) is 5.91 Å². The highest BCUT2D eigenvalue weighted by atomic mass is 16.2. The Kier molecular flexibility index (Phi) is 4.95. The largest absolute Gasteiger partial charge is 0.348 e. The number of aromatic amines is 1. The smallest absolute Gasteiger partial charge is 0.269 e. The maximum Gasteiger partial charge on any atom is 0.269 e. The molecule has 5 rings (SSSR count). The SMILES string of the molecule is O=C(Cc1cccc2ccccc12)Nc1cn(C2CC(NC(=O)c3cnc[nH]3)C2)cn1. The number of anilines is 1. The number of nitrogens with one attached hydrogen (secondary N) is 3. The molecule has 8 heteroatoms. The third-order valence-electron chi connectivity index (χ3n) is 5.71. The van der Waals surface area contributed by atoms with E-state index in [-0.39, 0.29) is 23.9 Å². The molecule has 1 saturated carbocycles. The zero-order chi connectivity index (χ0) is 21.2. The third kappa shape index (κ3) is 4.05. The van der Waals surface area contributed by atoms with E-state index in [4.69, 9.17) is 0 Å². The zero-order valence-electron chi connectivity index (χ0n) is 16.8. The van der Waals surface area contributed by atoms with E-state index in [2.05, 4.69) is 25.6 Å². The zero-order valence-corrected chi connectivity index (χ0v) is 16.8. The van der Waals surface area contributed by atoms with Gasteiger partial charge in [0.05, 0.1) is 25.3 Å². The minimum Gasteiger partial charge on any atom is -0.348 e. The van der Waals surface area contributed by atoms with Crippen LogP contribution >= 0.6 is 0 Å². The highest BCUT2D eigenvalue weighted by molar-refractivity contribution is 5.95. The summed E-state index contributed by atoms with van der Waals surface area (Å²) in [5, 5.41) is 8.08. The second kappa shape index (κ2) is 8.06. The van der Waals surface area contributed by atoms with Gasteiger partial charge in [-0.25, -0.2) is 9.97 Å². The molecule has 0 atom stereocenters. The van der Waals surface area contributed by atoms with Crippen molar-refractivity contribution in [1.29, 1.82) is 0 Å². The van der Waals surface area contributed by atoms with E-state index in [0.717, 1.165) is 29.2 Å². The van der Waals surface area contributed by atoms with Crippen LogP contribution in [0.2, 0.25) is 0 Å². The number of carbonyl (C=O) groups excluding carboxylic acids is 2. The number of rotatable bonds is 6. The van der Waals surface area contributed by atoms with E-state index in [0.29, 0.717) is 17.9 Å². The molecule has 2 heterocycles. The van der Waals surface area contributed by atoms with Crippen LogP contribution in [0, 0.1) is 0 Å². The van der Waals surface area contributed by atoms with Gasteiger partial charge in [-0.1, -0.05) is 42.5 Å². The molecule has 2 aromatic heterocycles. The molecule has 0 unspecified atom stereocenters. The van der Waals surface area contributed by atoms with Gasteiger partial charge in [-0.05, 0) is 29.2 Å². The fraction of sp³-hybridized carbons (Fsp3) is 0.217. The van der Waals surface area contributed by atoms with Crippen molar-refractivity contribution in [2.75, 3.05) is 5.32 Å². The Morgan fingerprint density at radius 2 is 1.97 bits per heavy atom. The Labute approximate surface area is 178 Å². The Morgan fingerprint density at radius 1 is 1.13 bits per heavy atom. The summed E-state index contributed by atoms with van der Waals surface area (Å²) in [6, 6.07) is 14.4. The van der Waals surface area contributed by atoms with Crippen LogP contribution in [0.5, 0.6) is 0 Å². The predicted octanol–water partition coefficient (Wildman–Crippen LogP) is 3.07. The second-order valence-electron chi connectivity index (χ2n) is 7.83. The van der Waals surface area contributed by atoms with E-state index in [1.807, 2.05) is 53.2 Å². The van der Waals surface area contributed by atoms with Gasteiger partial charge >= 0.3 is 0 Å². The van der Waals surface area contributed by atoms with Crippen molar-refractivity contribution in [1.82, 2.24) is 24.8 Å². The van der Waals surface area contributed by atoms with Crippen LogP contribution in [0.15, 0.2) is 67.5 Å². The van der Waals surface area contributed by atoms with Crippen LogP contribution in [0.3, 0.4) is 0 Å². The average molecular weight is 414 g/mol. The van der Waals surface area contributed by atoms with Crippen molar-refractivity contribution in [3.8, 4) is 0 Å². The molecule has 2 amide bonds. The van der Waals surface area contributed by atoms with Gasteiger partial charge in [0.1, 0.15) is 5.69 Å². The summed E-state index contributed by atoms with van der Waals surface area (Å²) in [7, 11) is 0. The van der Waals surface area contributed by atoms with E-state index >= 15 is 0 Å². The van der Waals surface area contributed by atoms with Crippen molar-refractivity contribution >= 4 is 28.4 Å². The number of amides is 2. The molecule has 1 fully saturated rings. The lowest BCUT2D eigenvalue weighted by Gasteiger charge is -2.36. The number of benzene rings is 2. The summed E-state index contributed by atoms with van der Waals surface area (Å²) in [5.74, 6) is 0.295. The first-order chi connectivity index (χ1) is 15.2. The summed E-state index contributed by atoms with van der Waals surface area (Å²) < 4.78 is 1.99. The highest BCUT2D eigenvalue weighted by Gasteiger charge is 2.32. The maximum absolute atomic E-state index is 12.6. The monoisotopic (exact) mass is 414 g/mol. The van der Waals surface area contributed by atoms with Crippen molar-refractivity contribution in [3.05, 3.63) is 78.8 Å². The topological polar surface area (TPSA) is 105 Å². The maximum atomic E-state index is 12.6. The number of nitrogens with zero attached hydrogens (tertiary/aromatic N) is 3. The van der Waals surface area contributed by atoms with Crippen LogP contribution < -0.4 is 10.6 Å². The Morgan fingerprint density at radius 3 is 2.81 bits per heavy atom. The van der Waals surface area contributed by atoms with Crippen molar-refractivity contribution in [2.24, 2.45) is 0 Å². The first-order valence-electron chi connectivity index (χ1n) is 10.2. The van der Waals surface area contributed by atoms with Gasteiger partial charge in [0.2, 0.25) is 5.91 Å². The van der Waals surface area contributed by atoms with E-state index in [9.17, 15) is 9.59 Å². The molecule has 156 valence electrons. The van der Waals surface area contributed by atoms with Crippen molar-refractivity contribution < 1.29 is 9.59 Å². The summed E-state index contributed by atoms with van der Waals surface area (Å²) in [5.41, 5.74) is 1.45. The fourth-order valence-corrected chi connectivity index (χ4v) is 4.00. The molecule has 0 aliphatic heterocycles. The quantitative estimate of drug-likeness (QED) is 0.451. The van der Waals surface area contributed by atoms with Gasteiger partial charge in [-0.3, -0.25) is 9.59 Å². The lowest BCUT2D eigenvalue weighted by molar-refractivity contribution is -0.115. The number of hydrogen-bond acceptors (Lipinski definition) is 4. The van der Waals surface area contributed by atoms with E-state index in [1.54, 1.807) is 6.33 Å². The van der Waals surface area contributed by atoms with Crippen LogP contribution in [0.4, 0.5) is 5.82 Å². The Bertz CT molecular complexity index is 1220. The van der Waals surface area contributed by atoms with Crippen LogP contribution in [0.1, 0.15) is 34.9 Å². The normalized spacial score (nSPS) is 17.8. The van der Waals surface area contributed by atoms with E-state index in [1.165, 1.54) is 12.5 Å². The van der Waals surface area contributed by atoms with Gasteiger partial charge in [0.15, 0.2) is 5.82 Å². The van der Waals surface area contributed by atoms with Crippen LogP contribution in [0.25, 0.3) is 10.8 Å². The molecule has 4 aromatic rings. The lowest BCUT2D eigenvalue weighted by Crippen LogP contribution is -2.44. The molecule has 2 aromatic carbocycles. The average Bonchev–Trinajstić information content (AvgIpc) is 3.43. The standard InChI is InChI=1S/C23H22N6O2/c30-22(8-16-6-3-5-15-4-1-2-7-19(15)16)28-21-12-29(14-26-21)18-9-17(10-18)27-23(31)20-11-24-13-25-20/h1-7,11-14,17-18H,8-10H2,(H,24,25)(H,27,31)(H,28,30). The predicted molar refractivity (Wildman–Crippen MR) is 117 cm³/mol. The summed E-state index contributed by atoms with van der Waals surface area (Å²) in [4.78, 5) is 35.6. The first kappa shape index (κ1) is 19.0. The van der Waals surface area contributed by atoms with Crippen molar-refractivity contribution in [3.63, 3.8) is 0 Å². The molecule has 8 nitrogen and oxygen atoms in total. The molecular formula is C23H22N6O2. The number of H-pyrrole nitrogens is 1. The molecular weight excluding hydrogens is 392 g/mol. The molecule has 1 aliphatic carbocycles. The van der Waals surface area contributed by atoms with Gasteiger partial charge < -0.3 is 20.2 Å². The van der Waals surface area contributed by atoms with Crippen LogP contribution in [-0.2, 0) is 11.2 Å². The Balaban J connectivity index is 1.15. The molecule has 0 radical (unpaired) electrons. The van der Waals surface area contributed by atoms with Crippen LogP contribution in [-0.4, -0.2) is 37.4 Å². The first-order valence-corrected chi connectivity index (χ1v) is 10.2. The second-order valence-corrected chi connectivity index (χ2v) is 7.83. The number of imidazole rings is 2. The van der Waals surface area contributed by atoms with E-state index < -0.39 is 0 Å². The number of fused-ring (bicyclic) bond motifs is 1. The van der Waals surface area contributed by atoms with Gasteiger partial charge in [-0.2, -0.15) is 0 Å². The molecule has 1 aliphatic rings. The number of carbonyl (C=O) groups is 2. The summed E-state index contributed by atoms with van der Waals surface area (Å²) >= 11 is 0. The Hall–Kier alpha value is -3.94. The van der Waals surface area contributed by atoms with Crippen molar-refractivity contribution in [2.45, 2.75) is 31.3 Å². The minimum atomic E-state index is -0.145. The third-order valence-corrected chi connectivity index (χ3v) is 5.71.